The summed E-state index contributed by atoms with van der Waals surface area (Å²) in [5, 5.41) is 0. The number of carbonyl (C=O) groups excluding carboxylic acids is 2. The third-order valence-corrected chi connectivity index (χ3v) is 8.18. The number of amides is 2. The predicted molar refractivity (Wildman–Crippen MR) is 132 cm³/mol. The van der Waals surface area contributed by atoms with Gasteiger partial charge in [-0.3, -0.25) is 19.4 Å². The molecule has 1 spiro atoms. The molecule has 6 nitrogen and oxygen atoms in total. The van der Waals surface area contributed by atoms with Crippen molar-refractivity contribution in [2.45, 2.75) is 44.5 Å². The van der Waals surface area contributed by atoms with Crippen molar-refractivity contribution in [3.05, 3.63) is 53.1 Å². The Morgan fingerprint density at radius 3 is 2.27 bits per heavy atom. The van der Waals surface area contributed by atoms with Crippen LogP contribution in [0.25, 0.3) is 5.57 Å². The summed E-state index contributed by atoms with van der Waals surface area (Å²) in [5.74, 6) is 1.16. The predicted octanol–water partition coefficient (Wildman–Crippen LogP) is 4.74. The van der Waals surface area contributed by atoms with Gasteiger partial charge in [0.2, 0.25) is 10.8 Å². The van der Waals surface area contributed by atoms with Gasteiger partial charge in [-0.1, -0.05) is 13.0 Å². The average Bonchev–Trinajstić information content (AvgIpc) is 3.27. The van der Waals surface area contributed by atoms with E-state index >= 15 is 0 Å². The number of nitrogens with zero attached hydrogens (tertiary/aromatic N) is 2. The van der Waals surface area contributed by atoms with Gasteiger partial charge >= 0.3 is 0 Å². The maximum absolute atomic E-state index is 14.4. The summed E-state index contributed by atoms with van der Waals surface area (Å²) in [4.78, 5) is 30.2. The molecule has 0 unspecified atom stereocenters. The molecule has 0 aromatic heterocycles. The van der Waals surface area contributed by atoms with Gasteiger partial charge in [-0.15, -0.1) is 11.8 Å². The van der Waals surface area contributed by atoms with E-state index in [2.05, 4.69) is 32.1 Å². The fourth-order valence-electron chi connectivity index (χ4n) is 5.36. The summed E-state index contributed by atoms with van der Waals surface area (Å²) in [6, 6.07) is 9.64. The minimum absolute atomic E-state index is 0.0848. The van der Waals surface area contributed by atoms with Gasteiger partial charge < -0.3 is 9.47 Å². The molecule has 1 fully saturated rings. The number of aryl methyl sites for hydroxylation is 1. The van der Waals surface area contributed by atoms with E-state index in [1.54, 1.807) is 37.3 Å². The van der Waals surface area contributed by atoms with Crippen molar-refractivity contribution in [1.29, 1.82) is 0 Å². The van der Waals surface area contributed by atoms with E-state index in [4.69, 9.17) is 9.47 Å². The van der Waals surface area contributed by atoms with Gasteiger partial charge in [0.25, 0.3) is 5.91 Å². The zero-order valence-corrected chi connectivity index (χ0v) is 20.6. The van der Waals surface area contributed by atoms with E-state index in [0.717, 1.165) is 34.4 Å². The molecule has 2 amide bonds. The number of anilines is 2. The Kier molecular flexibility index (Phi) is 4.83. The first-order chi connectivity index (χ1) is 15.7. The second-order valence-electron chi connectivity index (χ2n) is 9.25. The molecule has 2 aromatic carbocycles. The smallest absolute Gasteiger partial charge is 0.269 e. The van der Waals surface area contributed by atoms with Crippen LogP contribution in [0.15, 0.2) is 36.4 Å². The molecule has 3 heterocycles. The molecule has 33 heavy (non-hydrogen) atoms. The van der Waals surface area contributed by atoms with Crippen LogP contribution in [0.4, 0.5) is 11.4 Å². The van der Waals surface area contributed by atoms with E-state index in [-0.39, 0.29) is 17.6 Å². The highest BCUT2D eigenvalue weighted by molar-refractivity contribution is 8.02. The number of allylic oxidation sites excluding steroid dienone is 1. The van der Waals surface area contributed by atoms with Gasteiger partial charge in [0.1, 0.15) is 11.5 Å². The lowest BCUT2D eigenvalue weighted by Crippen LogP contribution is -2.54. The zero-order valence-electron chi connectivity index (χ0n) is 19.8. The van der Waals surface area contributed by atoms with Crippen molar-refractivity contribution in [3.63, 3.8) is 0 Å². The number of ether oxygens (including phenoxy) is 2. The summed E-state index contributed by atoms with van der Waals surface area (Å²) in [7, 11) is 3.15. The van der Waals surface area contributed by atoms with Gasteiger partial charge in [-0.2, -0.15) is 0 Å². The van der Waals surface area contributed by atoms with Crippen molar-refractivity contribution in [2.24, 2.45) is 0 Å². The molecular formula is C26H28N2O4S. The monoisotopic (exact) mass is 464 g/mol. The molecule has 172 valence electrons. The summed E-state index contributed by atoms with van der Waals surface area (Å²) < 4.78 is 10.9. The molecule has 0 radical (unpaired) electrons. The number of carbonyl (C=O) groups is 2. The molecule has 0 bridgehead atoms. The number of benzene rings is 2. The topological polar surface area (TPSA) is 59.1 Å². The van der Waals surface area contributed by atoms with E-state index in [1.807, 2.05) is 18.7 Å². The Balaban J connectivity index is 1.82. The van der Waals surface area contributed by atoms with Gasteiger partial charge in [-0.25, -0.2) is 0 Å². The first-order valence-corrected chi connectivity index (χ1v) is 12.1. The lowest BCUT2D eigenvalue weighted by molar-refractivity contribution is -0.124. The Morgan fingerprint density at radius 2 is 1.67 bits per heavy atom. The number of fused-ring (bicyclic) bond motifs is 1. The summed E-state index contributed by atoms with van der Waals surface area (Å²) in [6.07, 6.45) is 2.99. The van der Waals surface area contributed by atoms with Crippen molar-refractivity contribution in [3.8, 4) is 11.5 Å². The Morgan fingerprint density at radius 1 is 1.00 bits per heavy atom. The van der Waals surface area contributed by atoms with Crippen LogP contribution < -0.4 is 19.3 Å². The van der Waals surface area contributed by atoms with Crippen molar-refractivity contribution < 1.29 is 19.1 Å². The van der Waals surface area contributed by atoms with Gasteiger partial charge in [0.15, 0.2) is 0 Å². The molecule has 7 heteroatoms. The van der Waals surface area contributed by atoms with Crippen LogP contribution in [0.2, 0.25) is 0 Å². The number of hydrogen-bond acceptors (Lipinski definition) is 5. The molecule has 2 aromatic rings. The van der Waals surface area contributed by atoms with Crippen LogP contribution in [0.5, 0.6) is 11.5 Å². The van der Waals surface area contributed by atoms with Crippen molar-refractivity contribution in [2.75, 3.05) is 29.8 Å². The molecule has 1 saturated heterocycles. The van der Waals surface area contributed by atoms with Crippen LogP contribution in [0, 0.1) is 0 Å². The van der Waals surface area contributed by atoms with Gasteiger partial charge in [0, 0.05) is 29.3 Å². The maximum Gasteiger partial charge on any atom is 0.269 e. The molecule has 3 aliphatic rings. The van der Waals surface area contributed by atoms with Crippen LogP contribution >= 0.6 is 11.8 Å². The highest BCUT2D eigenvalue weighted by Gasteiger charge is 2.64. The van der Waals surface area contributed by atoms with Crippen LogP contribution in [0.3, 0.4) is 0 Å². The molecule has 1 atom stereocenters. The van der Waals surface area contributed by atoms with Gasteiger partial charge in [0.05, 0.1) is 36.9 Å². The fourth-order valence-corrected chi connectivity index (χ4v) is 6.69. The van der Waals surface area contributed by atoms with E-state index < -0.39 is 10.4 Å². The standard InChI is InChI=1S/C26H28N2O4S/c1-7-16-8-20-15(2)13-25(3,4)28-23(20)21(9-16)26(24(28)30)27(22(29)14-33-26)17-10-18(31-5)12-19(11-17)32-6/h8-13H,7,14H2,1-6H3/t26-/m0/s1. The minimum atomic E-state index is -1.17. The quantitative estimate of drug-likeness (QED) is 0.654. The summed E-state index contributed by atoms with van der Waals surface area (Å²) >= 11 is 1.40. The largest absolute Gasteiger partial charge is 0.497 e. The highest BCUT2D eigenvalue weighted by Crippen LogP contribution is 2.60. The Hall–Kier alpha value is -2.93. The van der Waals surface area contributed by atoms with E-state index in [1.165, 1.54) is 11.8 Å². The van der Waals surface area contributed by atoms with E-state index in [9.17, 15) is 9.59 Å². The lowest BCUT2D eigenvalue weighted by Gasteiger charge is -2.40. The summed E-state index contributed by atoms with van der Waals surface area (Å²) in [5.41, 5.74) is 5.25. The lowest BCUT2D eigenvalue weighted by atomic mass is 9.87. The zero-order chi connectivity index (χ0) is 23.7. The number of rotatable bonds is 4. The highest BCUT2D eigenvalue weighted by atomic mass is 32.2. The molecule has 0 aliphatic carbocycles. The van der Waals surface area contributed by atoms with Crippen molar-refractivity contribution >= 4 is 40.5 Å². The van der Waals surface area contributed by atoms with Gasteiger partial charge in [-0.05, 0) is 50.5 Å². The first kappa shape index (κ1) is 21.9. The number of methoxy groups -OCH3 is 2. The van der Waals surface area contributed by atoms with Crippen LogP contribution in [-0.2, 0) is 20.9 Å². The fraction of sp³-hybridized carbons (Fsp3) is 0.385. The first-order valence-electron chi connectivity index (χ1n) is 11.1. The van der Waals surface area contributed by atoms with Crippen molar-refractivity contribution in [1.82, 2.24) is 0 Å². The normalized spacial score (nSPS) is 22.7. The van der Waals surface area contributed by atoms with E-state index in [0.29, 0.717) is 17.2 Å². The Labute approximate surface area is 198 Å². The molecule has 3 aliphatic heterocycles. The number of thioether (sulfide) groups is 1. The third kappa shape index (κ3) is 2.88. The second-order valence-corrected chi connectivity index (χ2v) is 10.4. The third-order valence-electron chi connectivity index (χ3n) is 6.79. The SMILES string of the molecule is CCc1cc2c3c(c1)[C@]1(SCC(=O)N1c1cc(OC)cc(OC)c1)C(=O)N3C(C)(C)C=C2C. The molecule has 0 N–H and O–H groups in total. The minimum Gasteiger partial charge on any atom is -0.497 e. The van der Waals surface area contributed by atoms with Crippen LogP contribution in [0.1, 0.15) is 44.4 Å². The number of hydrogen-bond donors (Lipinski definition) is 0. The maximum atomic E-state index is 14.4. The molecule has 5 rings (SSSR count). The average molecular weight is 465 g/mol. The second kappa shape index (κ2) is 7.29. The molecular weight excluding hydrogens is 436 g/mol. The van der Waals surface area contributed by atoms with Crippen LogP contribution in [-0.4, -0.2) is 37.3 Å². The summed E-state index contributed by atoms with van der Waals surface area (Å²) in [6.45, 7) is 8.31. The molecule has 0 saturated carbocycles. The Bertz CT molecular complexity index is 1210.